The largest absolute Gasteiger partial charge is 0.382 e. The van der Waals surface area contributed by atoms with Gasteiger partial charge < -0.3 is 27.0 Å². The number of carbonyl (C=O) groups is 1. The van der Waals surface area contributed by atoms with E-state index in [0.717, 1.165) is 0 Å². The number of amides is 1. The molecule has 0 saturated heterocycles. The van der Waals surface area contributed by atoms with E-state index in [4.69, 9.17) is 17.2 Å². The van der Waals surface area contributed by atoms with Crippen molar-refractivity contribution in [3.05, 3.63) is 11.6 Å². The summed E-state index contributed by atoms with van der Waals surface area (Å²) in [4.78, 5) is 22.0. The van der Waals surface area contributed by atoms with E-state index in [1.165, 1.54) is 9.80 Å². The molecule has 0 saturated carbocycles. The fourth-order valence-corrected chi connectivity index (χ4v) is 1.18. The second kappa shape index (κ2) is 7.20. The van der Waals surface area contributed by atoms with Crippen LogP contribution in [0.15, 0.2) is 10.2 Å². The van der Waals surface area contributed by atoms with Crippen LogP contribution in [0.1, 0.15) is 10.5 Å². The summed E-state index contributed by atoms with van der Waals surface area (Å²) in [5.74, 6) is -2.56. The second-order valence-corrected chi connectivity index (χ2v) is 4.76. The highest BCUT2D eigenvalue weighted by atomic mass is 19.1. The minimum Gasteiger partial charge on any atom is -0.382 e. The molecule has 1 heterocycles. The number of halogens is 1. The zero-order chi connectivity index (χ0) is 17.7. The molecule has 0 spiro atoms. The van der Waals surface area contributed by atoms with Gasteiger partial charge in [-0.3, -0.25) is 10.1 Å². The molecule has 0 atom stereocenters. The molecule has 126 valence electrons. The van der Waals surface area contributed by atoms with E-state index in [1.807, 2.05) is 0 Å². The molecule has 7 N–H and O–H groups in total. The van der Waals surface area contributed by atoms with Gasteiger partial charge >= 0.3 is 0 Å². The molecule has 1 rings (SSSR count). The number of nitrogens with two attached hydrogens (primary N) is 3. The Morgan fingerprint density at radius 3 is 2.22 bits per heavy atom. The standard InChI is InChI=1S/C11H19FN10O/c1-21(2)10(15)19-20-11(22(3)4)18-9(23)5-7(13)17-8(14)6(12)16-5/h1-4H3,(H2,15,19)(H4,13,14,17)(H,18,20,23). The Morgan fingerprint density at radius 2 is 1.70 bits per heavy atom. The predicted octanol–water partition coefficient (Wildman–Crippen LogP) is -1.78. The van der Waals surface area contributed by atoms with Crippen molar-refractivity contribution in [3.8, 4) is 0 Å². The van der Waals surface area contributed by atoms with E-state index in [9.17, 15) is 9.18 Å². The van der Waals surface area contributed by atoms with E-state index in [1.54, 1.807) is 28.2 Å². The number of guanidine groups is 2. The summed E-state index contributed by atoms with van der Waals surface area (Å²) >= 11 is 0. The van der Waals surface area contributed by atoms with Gasteiger partial charge in [-0.25, -0.2) is 9.97 Å². The van der Waals surface area contributed by atoms with Crippen LogP contribution in [0.3, 0.4) is 0 Å². The van der Waals surface area contributed by atoms with Crippen LogP contribution in [-0.2, 0) is 0 Å². The van der Waals surface area contributed by atoms with Gasteiger partial charge in [0.1, 0.15) is 0 Å². The predicted molar refractivity (Wildman–Crippen MR) is 84.7 cm³/mol. The lowest BCUT2D eigenvalue weighted by Gasteiger charge is -2.16. The molecule has 1 amide bonds. The molecule has 11 nitrogen and oxygen atoms in total. The zero-order valence-electron chi connectivity index (χ0n) is 13.2. The van der Waals surface area contributed by atoms with Crippen LogP contribution in [0.2, 0.25) is 0 Å². The molecule has 1 aromatic rings. The SMILES string of the molecule is CN(C)C(N)=NN=C(NC(=O)c1nc(F)c(N)nc1N)N(C)C. The Bertz CT molecular complexity index is 654. The Balaban J connectivity index is 3.06. The number of nitrogens with zero attached hydrogens (tertiary/aromatic N) is 6. The Morgan fingerprint density at radius 1 is 1.09 bits per heavy atom. The van der Waals surface area contributed by atoms with Gasteiger partial charge in [-0.15, -0.1) is 10.2 Å². The van der Waals surface area contributed by atoms with Gasteiger partial charge in [0, 0.05) is 28.2 Å². The summed E-state index contributed by atoms with van der Waals surface area (Å²) < 4.78 is 13.3. The highest BCUT2D eigenvalue weighted by molar-refractivity contribution is 6.06. The first kappa shape index (κ1) is 17.9. The van der Waals surface area contributed by atoms with Crippen molar-refractivity contribution in [2.45, 2.75) is 0 Å². The minimum atomic E-state index is -1.09. The molecule has 0 aliphatic carbocycles. The van der Waals surface area contributed by atoms with Crippen molar-refractivity contribution in [3.63, 3.8) is 0 Å². The van der Waals surface area contributed by atoms with Crippen LogP contribution in [0.4, 0.5) is 16.0 Å². The van der Waals surface area contributed by atoms with Gasteiger partial charge in [0.25, 0.3) is 11.9 Å². The summed E-state index contributed by atoms with van der Waals surface area (Å²) in [5, 5.41) is 9.92. The average molecular weight is 326 g/mol. The summed E-state index contributed by atoms with van der Waals surface area (Å²) in [6.07, 6.45) is 0. The Labute approximate surface area is 132 Å². The van der Waals surface area contributed by atoms with Crippen LogP contribution < -0.4 is 22.5 Å². The normalized spacial score (nSPS) is 12.0. The average Bonchev–Trinajstić information content (AvgIpc) is 2.46. The van der Waals surface area contributed by atoms with Gasteiger partial charge in [0.05, 0.1) is 0 Å². The third-order valence-corrected chi connectivity index (χ3v) is 2.47. The first-order chi connectivity index (χ1) is 10.6. The van der Waals surface area contributed by atoms with Gasteiger partial charge in [-0.05, 0) is 0 Å². The number of carbonyl (C=O) groups excluding carboxylic acids is 1. The summed E-state index contributed by atoms with van der Waals surface area (Å²) in [5.41, 5.74) is 15.9. The van der Waals surface area contributed by atoms with Gasteiger partial charge in [0.15, 0.2) is 17.3 Å². The smallest absolute Gasteiger partial charge is 0.280 e. The molecule has 12 heteroatoms. The number of nitrogen functional groups attached to an aromatic ring is 2. The molecule has 0 radical (unpaired) electrons. The number of nitrogens with one attached hydrogen (secondary N) is 1. The first-order valence-electron chi connectivity index (χ1n) is 6.29. The van der Waals surface area contributed by atoms with Gasteiger partial charge in [0.2, 0.25) is 11.9 Å². The topological polar surface area (TPSA) is 164 Å². The summed E-state index contributed by atoms with van der Waals surface area (Å²) in [7, 11) is 6.57. The molecule has 0 unspecified atom stereocenters. The molecule has 23 heavy (non-hydrogen) atoms. The number of rotatable bonds is 2. The third-order valence-electron chi connectivity index (χ3n) is 2.47. The molecule has 0 aliphatic heterocycles. The van der Waals surface area contributed by atoms with Crippen molar-refractivity contribution >= 4 is 29.5 Å². The van der Waals surface area contributed by atoms with Crippen LogP contribution >= 0.6 is 0 Å². The summed E-state index contributed by atoms with van der Waals surface area (Å²) in [6, 6.07) is 0. The lowest BCUT2D eigenvalue weighted by atomic mass is 10.3. The van der Waals surface area contributed by atoms with Crippen LogP contribution in [-0.4, -0.2) is 65.8 Å². The van der Waals surface area contributed by atoms with E-state index < -0.39 is 23.4 Å². The molecular formula is C11H19FN10O. The van der Waals surface area contributed by atoms with Crippen LogP contribution in [0, 0.1) is 5.95 Å². The van der Waals surface area contributed by atoms with Crippen molar-refractivity contribution in [2.24, 2.45) is 15.9 Å². The lowest BCUT2D eigenvalue weighted by Crippen LogP contribution is -2.41. The van der Waals surface area contributed by atoms with Gasteiger partial charge in [-0.1, -0.05) is 0 Å². The number of aromatic nitrogens is 2. The monoisotopic (exact) mass is 326 g/mol. The summed E-state index contributed by atoms with van der Waals surface area (Å²) in [6.45, 7) is 0. The van der Waals surface area contributed by atoms with Crippen molar-refractivity contribution in [2.75, 3.05) is 39.7 Å². The van der Waals surface area contributed by atoms with E-state index in [0.29, 0.717) is 0 Å². The maximum absolute atomic E-state index is 13.3. The maximum Gasteiger partial charge on any atom is 0.280 e. The molecular weight excluding hydrogens is 307 g/mol. The van der Waals surface area contributed by atoms with E-state index in [2.05, 4.69) is 25.5 Å². The fraction of sp³-hybridized carbons (Fsp3) is 0.364. The van der Waals surface area contributed by atoms with E-state index >= 15 is 0 Å². The Kier molecular flexibility index (Phi) is 5.59. The molecule has 0 bridgehead atoms. The maximum atomic E-state index is 13.3. The zero-order valence-corrected chi connectivity index (χ0v) is 13.2. The number of anilines is 2. The highest BCUT2D eigenvalue weighted by Crippen LogP contribution is 2.11. The minimum absolute atomic E-state index is 0.0400. The number of hydrogen-bond acceptors (Lipinski definition) is 7. The van der Waals surface area contributed by atoms with Crippen molar-refractivity contribution in [1.82, 2.24) is 25.1 Å². The quantitative estimate of drug-likeness (QED) is 0.281. The van der Waals surface area contributed by atoms with Crippen LogP contribution in [0.5, 0.6) is 0 Å². The van der Waals surface area contributed by atoms with Crippen LogP contribution in [0.25, 0.3) is 0 Å². The number of hydrogen-bond donors (Lipinski definition) is 4. The molecule has 1 aromatic heterocycles. The molecule has 0 aromatic carbocycles. The van der Waals surface area contributed by atoms with Crippen molar-refractivity contribution in [1.29, 1.82) is 0 Å². The molecule has 0 fully saturated rings. The Hall–Kier alpha value is -3.18. The lowest BCUT2D eigenvalue weighted by molar-refractivity contribution is 0.0968. The second-order valence-electron chi connectivity index (χ2n) is 4.76. The highest BCUT2D eigenvalue weighted by Gasteiger charge is 2.19. The molecule has 0 aliphatic rings. The third kappa shape index (κ3) is 4.66. The van der Waals surface area contributed by atoms with Crippen molar-refractivity contribution < 1.29 is 9.18 Å². The first-order valence-corrected chi connectivity index (χ1v) is 6.29. The fourth-order valence-electron chi connectivity index (χ4n) is 1.18. The van der Waals surface area contributed by atoms with Gasteiger partial charge in [-0.2, -0.15) is 4.39 Å². The van der Waals surface area contributed by atoms with E-state index in [-0.39, 0.29) is 17.7 Å².